The molecule has 0 atom stereocenters. The molecule has 2 aromatic rings. The molecule has 1 aromatic heterocycles. The van der Waals surface area contributed by atoms with E-state index in [-0.39, 0.29) is 6.10 Å². The molecule has 1 N–H and O–H groups in total. The fourth-order valence-electron chi connectivity index (χ4n) is 1.60. The first-order chi connectivity index (χ1) is 9.04. The molecule has 2 rings (SSSR count). The van der Waals surface area contributed by atoms with Crippen LogP contribution in [0.2, 0.25) is 5.02 Å². The summed E-state index contributed by atoms with van der Waals surface area (Å²) < 4.78 is 6.72. The molecular formula is C14H15BrClNOS. The third-order valence-electron chi connectivity index (χ3n) is 2.38. The van der Waals surface area contributed by atoms with E-state index in [2.05, 4.69) is 32.7 Å². The van der Waals surface area contributed by atoms with Crippen molar-refractivity contribution in [1.82, 2.24) is 0 Å². The molecule has 0 aliphatic heterocycles. The van der Waals surface area contributed by atoms with Crippen LogP contribution in [0.25, 0.3) is 0 Å². The lowest BCUT2D eigenvalue weighted by Crippen LogP contribution is -2.06. The van der Waals surface area contributed by atoms with Gasteiger partial charge in [-0.2, -0.15) is 0 Å². The summed E-state index contributed by atoms with van der Waals surface area (Å²) in [4.78, 5) is 1.27. The van der Waals surface area contributed by atoms with Crippen LogP contribution in [0.3, 0.4) is 0 Å². The van der Waals surface area contributed by atoms with Crippen molar-refractivity contribution in [2.45, 2.75) is 26.5 Å². The number of hydrogen-bond donors (Lipinski definition) is 1. The SMILES string of the molecule is CC(C)Oc1ccc(NCc2cc(Br)cs2)cc1Cl. The average molecular weight is 361 g/mol. The lowest BCUT2D eigenvalue weighted by molar-refractivity contribution is 0.242. The molecule has 1 heterocycles. The van der Waals surface area contributed by atoms with Gasteiger partial charge < -0.3 is 10.1 Å². The number of nitrogens with one attached hydrogen (secondary N) is 1. The molecule has 0 radical (unpaired) electrons. The van der Waals surface area contributed by atoms with E-state index in [0.717, 1.165) is 22.5 Å². The minimum atomic E-state index is 0.125. The molecular weight excluding hydrogens is 346 g/mol. The fourth-order valence-corrected chi connectivity index (χ4v) is 3.21. The summed E-state index contributed by atoms with van der Waals surface area (Å²) >= 11 is 11.4. The van der Waals surface area contributed by atoms with Gasteiger partial charge in [0.15, 0.2) is 0 Å². The lowest BCUT2D eigenvalue weighted by Gasteiger charge is -2.12. The van der Waals surface area contributed by atoms with Crippen molar-refractivity contribution in [2.24, 2.45) is 0 Å². The van der Waals surface area contributed by atoms with Gasteiger partial charge in [-0.05, 0) is 54.0 Å². The van der Waals surface area contributed by atoms with E-state index < -0.39 is 0 Å². The largest absolute Gasteiger partial charge is 0.489 e. The van der Waals surface area contributed by atoms with Gasteiger partial charge in [0, 0.05) is 27.0 Å². The Balaban J connectivity index is 1.99. The van der Waals surface area contributed by atoms with Crippen LogP contribution in [-0.2, 0) is 6.54 Å². The number of hydrogen-bond acceptors (Lipinski definition) is 3. The molecule has 0 amide bonds. The molecule has 0 bridgehead atoms. The number of benzene rings is 1. The van der Waals surface area contributed by atoms with Crippen molar-refractivity contribution in [2.75, 3.05) is 5.32 Å². The summed E-state index contributed by atoms with van der Waals surface area (Å²) in [5.41, 5.74) is 0.991. The molecule has 0 saturated heterocycles. The van der Waals surface area contributed by atoms with Crippen molar-refractivity contribution in [3.63, 3.8) is 0 Å². The van der Waals surface area contributed by atoms with Crippen LogP contribution in [0.4, 0.5) is 5.69 Å². The Morgan fingerprint density at radius 3 is 2.74 bits per heavy atom. The van der Waals surface area contributed by atoms with Crippen LogP contribution in [0.5, 0.6) is 5.75 Å². The van der Waals surface area contributed by atoms with Crippen LogP contribution in [0.15, 0.2) is 34.1 Å². The van der Waals surface area contributed by atoms with Crippen LogP contribution in [0.1, 0.15) is 18.7 Å². The van der Waals surface area contributed by atoms with Crippen molar-refractivity contribution in [1.29, 1.82) is 0 Å². The normalized spacial score (nSPS) is 10.8. The first kappa shape index (κ1) is 14.7. The average Bonchev–Trinajstić information content (AvgIpc) is 2.75. The lowest BCUT2D eigenvalue weighted by atomic mass is 10.3. The maximum atomic E-state index is 6.19. The van der Waals surface area contributed by atoms with Crippen molar-refractivity contribution in [3.8, 4) is 5.75 Å². The molecule has 0 fully saturated rings. The zero-order valence-corrected chi connectivity index (χ0v) is 13.9. The van der Waals surface area contributed by atoms with Gasteiger partial charge in [-0.25, -0.2) is 0 Å². The monoisotopic (exact) mass is 359 g/mol. The Labute approximate surface area is 130 Å². The van der Waals surface area contributed by atoms with E-state index in [1.807, 2.05) is 32.0 Å². The highest BCUT2D eigenvalue weighted by Crippen LogP contribution is 2.29. The predicted molar refractivity (Wildman–Crippen MR) is 86.6 cm³/mol. The summed E-state index contributed by atoms with van der Waals surface area (Å²) in [5, 5.41) is 6.05. The third-order valence-corrected chi connectivity index (χ3v) is 4.38. The Hall–Kier alpha value is -0.710. The molecule has 5 heteroatoms. The molecule has 0 saturated carbocycles. The highest BCUT2D eigenvalue weighted by Gasteiger charge is 2.05. The van der Waals surface area contributed by atoms with Gasteiger partial charge in [-0.1, -0.05) is 11.6 Å². The topological polar surface area (TPSA) is 21.3 Å². The molecule has 0 aliphatic rings. The van der Waals surface area contributed by atoms with E-state index in [0.29, 0.717) is 5.02 Å². The number of anilines is 1. The van der Waals surface area contributed by atoms with E-state index in [1.165, 1.54) is 4.88 Å². The fraction of sp³-hybridized carbons (Fsp3) is 0.286. The molecule has 2 nitrogen and oxygen atoms in total. The standard InChI is InChI=1S/C14H15BrClNOS/c1-9(2)18-14-4-3-11(6-13(14)16)17-7-12-5-10(15)8-19-12/h3-6,8-9,17H,7H2,1-2H3. The minimum Gasteiger partial charge on any atom is -0.489 e. The summed E-state index contributed by atoms with van der Waals surface area (Å²) in [6.07, 6.45) is 0.125. The molecule has 19 heavy (non-hydrogen) atoms. The quantitative estimate of drug-likeness (QED) is 0.753. The number of thiophene rings is 1. The summed E-state index contributed by atoms with van der Waals surface area (Å²) in [5.74, 6) is 0.723. The van der Waals surface area contributed by atoms with Gasteiger partial charge in [0.2, 0.25) is 0 Å². The van der Waals surface area contributed by atoms with E-state index in [1.54, 1.807) is 11.3 Å². The van der Waals surface area contributed by atoms with Crippen LogP contribution >= 0.6 is 38.9 Å². The van der Waals surface area contributed by atoms with Gasteiger partial charge in [0.25, 0.3) is 0 Å². The summed E-state index contributed by atoms with van der Waals surface area (Å²) in [6, 6.07) is 7.87. The zero-order chi connectivity index (χ0) is 13.8. The number of halogens is 2. The zero-order valence-electron chi connectivity index (χ0n) is 10.7. The maximum absolute atomic E-state index is 6.19. The Bertz CT molecular complexity index is 556. The third kappa shape index (κ3) is 4.41. The van der Waals surface area contributed by atoms with Crippen molar-refractivity contribution < 1.29 is 4.74 Å². The second kappa shape index (κ2) is 6.64. The van der Waals surface area contributed by atoms with Gasteiger partial charge in [-0.15, -0.1) is 11.3 Å². The Kier molecular flexibility index (Phi) is 5.13. The molecule has 0 aliphatic carbocycles. The first-order valence-electron chi connectivity index (χ1n) is 5.97. The Morgan fingerprint density at radius 1 is 1.37 bits per heavy atom. The minimum absolute atomic E-state index is 0.125. The molecule has 102 valence electrons. The van der Waals surface area contributed by atoms with Crippen LogP contribution in [0, 0.1) is 0 Å². The second-order valence-corrected chi connectivity index (χ2v) is 6.72. The van der Waals surface area contributed by atoms with Crippen molar-refractivity contribution >= 4 is 44.6 Å². The van der Waals surface area contributed by atoms with Gasteiger partial charge >= 0.3 is 0 Å². The summed E-state index contributed by atoms with van der Waals surface area (Å²) in [7, 11) is 0. The van der Waals surface area contributed by atoms with Crippen LogP contribution < -0.4 is 10.1 Å². The van der Waals surface area contributed by atoms with Gasteiger partial charge in [-0.3, -0.25) is 0 Å². The Morgan fingerprint density at radius 2 is 2.16 bits per heavy atom. The highest BCUT2D eigenvalue weighted by atomic mass is 79.9. The van der Waals surface area contributed by atoms with Crippen molar-refractivity contribution in [3.05, 3.63) is 44.0 Å². The van der Waals surface area contributed by atoms with E-state index in [9.17, 15) is 0 Å². The highest BCUT2D eigenvalue weighted by molar-refractivity contribution is 9.10. The predicted octanol–water partition coefficient (Wildman–Crippen LogP) is 5.56. The maximum Gasteiger partial charge on any atom is 0.138 e. The summed E-state index contributed by atoms with van der Waals surface area (Å²) in [6.45, 7) is 4.76. The van der Waals surface area contributed by atoms with Gasteiger partial charge in [0.05, 0.1) is 11.1 Å². The van der Waals surface area contributed by atoms with E-state index in [4.69, 9.17) is 16.3 Å². The second-order valence-electron chi connectivity index (χ2n) is 4.40. The molecule has 0 spiro atoms. The molecule has 1 aromatic carbocycles. The number of rotatable bonds is 5. The van der Waals surface area contributed by atoms with E-state index >= 15 is 0 Å². The first-order valence-corrected chi connectivity index (χ1v) is 8.02. The smallest absolute Gasteiger partial charge is 0.138 e. The number of ether oxygens (including phenoxy) is 1. The van der Waals surface area contributed by atoms with Crippen LogP contribution in [-0.4, -0.2) is 6.10 Å². The molecule has 0 unspecified atom stereocenters. The van der Waals surface area contributed by atoms with Gasteiger partial charge in [0.1, 0.15) is 5.75 Å².